The van der Waals surface area contributed by atoms with Crippen LogP contribution < -0.4 is 10.6 Å². The van der Waals surface area contributed by atoms with Crippen molar-refractivity contribution in [2.75, 3.05) is 26.2 Å². The van der Waals surface area contributed by atoms with Gasteiger partial charge in [-0.3, -0.25) is 4.79 Å². The van der Waals surface area contributed by atoms with Gasteiger partial charge in [-0.1, -0.05) is 50.3 Å². The molecule has 0 aromatic heterocycles. The Morgan fingerprint density at radius 2 is 1.71 bits per heavy atom. The van der Waals surface area contributed by atoms with Crippen LogP contribution >= 0.6 is 0 Å². The zero-order chi connectivity index (χ0) is 15.8. The summed E-state index contributed by atoms with van der Waals surface area (Å²) in [7, 11) is 0. The minimum Gasteiger partial charge on any atom is -0.481 e. The lowest BCUT2D eigenvalue weighted by Gasteiger charge is -2.04. The average molecular weight is 294 g/mol. The van der Waals surface area contributed by atoms with Gasteiger partial charge < -0.3 is 15.7 Å². The molecule has 0 bridgehead atoms. The summed E-state index contributed by atoms with van der Waals surface area (Å²) in [5.74, 6) is -1.04. The van der Waals surface area contributed by atoms with E-state index in [4.69, 9.17) is 5.11 Å². The number of carboxylic acid groups (broad SMARTS) is 1. The summed E-state index contributed by atoms with van der Waals surface area (Å²) in [4.78, 5) is 10.3. The predicted molar refractivity (Wildman–Crippen MR) is 89.5 cm³/mol. The van der Waals surface area contributed by atoms with E-state index >= 15 is 0 Å². The molecule has 0 spiro atoms. The highest BCUT2D eigenvalue weighted by atomic mass is 16.4. The molecule has 4 nitrogen and oxygen atoms in total. The third-order valence-corrected chi connectivity index (χ3v) is 2.84. The first-order valence-electron chi connectivity index (χ1n) is 7.84. The second-order valence-electron chi connectivity index (χ2n) is 4.87. The fourth-order valence-electron chi connectivity index (χ4n) is 1.65. The maximum Gasteiger partial charge on any atom is 0.310 e. The molecule has 3 N–H and O–H groups in total. The van der Waals surface area contributed by atoms with Crippen molar-refractivity contribution < 1.29 is 9.90 Å². The van der Waals surface area contributed by atoms with Crippen LogP contribution in [0.4, 0.5) is 0 Å². The second-order valence-corrected chi connectivity index (χ2v) is 4.87. The molecule has 1 aliphatic rings. The summed E-state index contributed by atoms with van der Waals surface area (Å²) in [6.45, 7) is 8.60. The van der Waals surface area contributed by atoms with Gasteiger partial charge in [-0.05, 0) is 32.4 Å². The normalized spacial score (nSPS) is 16.8. The maximum absolute atomic E-state index is 10.3. The van der Waals surface area contributed by atoms with Crippen LogP contribution in [0.3, 0.4) is 0 Å². The van der Waals surface area contributed by atoms with E-state index in [2.05, 4.69) is 36.6 Å². The Balaban J connectivity index is 0.000000394. The summed E-state index contributed by atoms with van der Waals surface area (Å²) in [6.07, 6.45) is 14.6. The molecule has 0 heterocycles. The van der Waals surface area contributed by atoms with Crippen LogP contribution in [0.1, 0.15) is 33.1 Å². The van der Waals surface area contributed by atoms with Crippen LogP contribution in [-0.2, 0) is 4.79 Å². The molecule has 120 valence electrons. The van der Waals surface area contributed by atoms with Gasteiger partial charge in [0.05, 0.1) is 5.92 Å². The Morgan fingerprint density at radius 3 is 2.05 bits per heavy atom. The van der Waals surface area contributed by atoms with Crippen LogP contribution in [0, 0.1) is 5.92 Å². The largest absolute Gasteiger partial charge is 0.481 e. The zero-order valence-electron chi connectivity index (χ0n) is 13.3. The van der Waals surface area contributed by atoms with Crippen LogP contribution in [0.25, 0.3) is 0 Å². The maximum atomic E-state index is 10.3. The fourth-order valence-corrected chi connectivity index (χ4v) is 1.65. The number of hydrogen-bond acceptors (Lipinski definition) is 3. The van der Waals surface area contributed by atoms with Crippen molar-refractivity contribution in [1.29, 1.82) is 0 Å². The number of allylic oxidation sites excluding steroid dienone is 3. The molecule has 0 fully saturated rings. The highest BCUT2D eigenvalue weighted by molar-refractivity contribution is 5.72. The molecule has 0 radical (unpaired) electrons. The molecule has 4 heteroatoms. The highest BCUT2D eigenvalue weighted by Crippen LogP contribution is 2.10. The van der Waals surface area contributed by atoms with Gasteiger partial charge in [-0.25, -0.2) is 0 Å². The number of aliphatic carboxylic acids is 1. The number of rotatable bonds is 9. The standard InChI is InChI=1S/C10H22N2.C7H8O2/c1-3-7-11-9-5-6-10-12-8-4-2;8-7(9)6-4-2-1-3-5-6/h5-6,11-12H,3-4,7-10H2,1-2H3;1-4,6H,5H2,(H,8,9)/b6-5+;. The Hall–Kier alpha value is -1.39. The van der Waals surface area contributed by atoms with Crippen molar-refractivity contribution in [3.05, 3.63) is 36.5 Å². The molecule has 0 aromatic carbocycles. The molecule has 0 saturated carbocycles. The van der Waals surface area contributed by atoms with Gasteiger partial charge in [0, 0.05) is 13.1 Å². The Morgan fingerprint density at radius 1 is 1.14 bits per heavy atom. The van der Waals surface area contributed by atoms with E-state index in [-0.39, 0.29) is 5.92 Å². The molecule has 1 aliphatic carbocycles. The molecule has 0 aromatic rings. The number of hydrogen-bond donors (Lipinski definition) is 3. The molecule has 0 saturated heterocycles. The second kappa shape index (κ2) is 15.0. The number of carbonyl (C=O) groups is 1. The topological polar surface area (TPSA) is 61.4 Å². The molecule has 0 aliphatic heterocycles. The van der Waals surface area contributed by atoms with Crippen LogP contribution in [0.2, 0.25) is 0 Å². The summed E-state index contributed by atoms with van der Waals surface area (Å²) < 4.78 is 0. The SMILES string of the molecule is CCCNC/C=C/CNCCC.O=C(O)C1C=CC=CC1. The van der Waals surface area contributed by atoms with E-state index in [1.54, 1.807) is 12.2 Å². The summed E-state index contributed by atoms with van der Waals surface area (Å²) in [6, 6.07) is 0. The van der Waals surface area contributed by atoms with Crippen molar-refractivity contribution in [2.45, 2.75) is 33.1 Å². The van der Waals surface area contributed by atoms with Gasteiger partial charge in [-0.2, -0.15) is 0 Å². The average Bonchev–Trinajstić information content (AvgIpc) is 2.51. The first-order valence-corrected chi connectivity index (χ1v) is 7.84. The predicted octanol–water partition coefficient (Wildman–Crippen LogP) is 2.75. The quantitative estimate of drug-likeness (QED) is 0.452. The Labute approximate surface area is 129 Å². The van der Waals surface area contributed by atoms with E-state index < -0.39 is 5.97 Å². The van der Waals surface area contributed by atoms with Gasteiger partial charge in [0.15, 0.2) is 0 Å². The van der Waals surface area contributed by atoms with Crippen molar-refractivity contribution >= 4 is 5.97 Å². The molecule has 1 rings (SSSR count). The van der Waals surface area contributed by atoms with Crippen molar-refractivity contribution in [3.63, 3.8) is 0 Å². The summed E-state index contributed by atoms with van der Waals surface area (Å²) >= 11 is 0. The Kier molecular flexibility index (Phi) is 14.0. The van der Waals surface area contributed by atoms with E-state index in [0.29, 0.717) is 6.42 Å². The zero-order valence-corrected chi connectivity index (χ0v) is 13.3. The smallest absolute Gasteiger partial charge is 0.310 e. The summed E-state index contributed by atoms with van der Waals surface area (Å²) in [5.41, 5.74) is 0. The van der Waals surface area contributed by atoms with Crippen molar-refractivity contribution in [3.8, 4) is 0 Å². The first kappa shape index (κ1) is 19.6. The van der Waals surface area contributed by atoms with Gasteiger partial charge in [0.1, 0.15) is 0 Å². The van der Waals surface area contributed by atoms with Crippen molar-refractivity contribution in [2.24, 2.45) is 5.92 Å². The molecule has 1 unspecified atom stereocenters. The third kappa shape index (κ3) is 13.4. The lowest BCUT2D eigenvalue weighted by atomic mass is 10.0. The Bertz CT molecular complexity index is 324. The van der Waals surface area contributed by atoms with Gasteiger partial charge in [-0.15, -0.1) is 0 Å². The molecule has 21 heavy (non-hydrogen) atoms. The van der Waals surface area contributed by atoms with Crippen LogP contribution in [0.5, 0.6) is 0 Å². The fraction of sp³-hybridized carbons (Fsp3) is 0.588. The third-order valence-electron chi connectivity index (χ3n) is 2.84. The van der Waals surface area contributed by atoms with Crippen molar-refractivity contribution in [1.82, 2.24) is 10.6 Å². The molecule has 1 atom stereocenters. The van der Waals surface area contributed by atoms with E-state index in [1.807, 2.05) is 12.2 Å². The molecular weight excluding hydrogens is 264 g/mol. The summed E-state index contributed by atoms with van der Waals surface area (Å²) in [5, 5.41) is 15.1. The van der Waals surface area contributed by atoms with Crippen LogP contribution in [0.15, 0.2) is 36.5 Å². The van der Waals surface area contributed by atoms with Gasteiger partial charge in [0.25, 0.3) is 0 Å². The van der Waals surface area contributed by atoms with E-state index in [1.165, 1.54) is 12.8 Å². The first-order chi connectivity index (χ1) is 10.2. The lowest BCUT2D eigenvalue weighted by molar-refractivity contribution is -0.139. The minimum absolute atomic E-state index is 0.296. The molecular formula is C17H30N2O2. The number of nitrogens with one attached hydrogen (secondary N) is 2. The van der Waals surface area contributed by atoms with E-state index in [0.717, 1.165) is 26.2 Å². The monoisotopic (exact) mass is 294 g/mol. The highest BCUT2D eigenvalue weighted by Gasteiger charge is 2.12. The van der Waals surface area contributed by atoms with Gasteiger partial charge >= 0.3 is 5.97 Å². The minimum atomic E-state index is -0.740. The van der Waals surface area contributed by atoms with Crippen LogP contribution in [-0.4, -0.2) is 37.3 Å². The lowest BCUT2D eigenvalue weighted by Crippen LogP contribution is -2.16. The number of carboxylic acids is 1. The van der Waals surface area contributed by atoms with Gasteiger partial charge in [0.2, 0.25) is 0 Å². The van der Waals surface area contributed by atoms with E-state index in [9.17, 15) is 4.79 Å². The molecule has 0 amide bonds.